The van der Waals surface area contributed by atoms with E-state index >= 15 is 0 Å². The zero-order chi connectivity index (χ0) is 65.5. The first-order valence-electron chi connectivity index (χ1n) is 25.7. The molecule has 0 saturated carbocycles. The molecule has 7 heterocycles. The number of aryl methyl sites for hydroxylation is 3. The van der Waals surface area contributed by atoms with Crippen LogP contribution in [0, 0.1) is 20.8 Å². The van der Waals surface area contributed by atoms with Crippen molar-refractivity contribution in [3.05, 3.63) is 157 Å². The van der Waals surface area contributed by atoms with Gasteiger partial charge < -0.3 is 77.4 Å². The Labute approximate surface area is 515 Å². The molecule has 0 saturated heterocycles. The van der Waals surface area contributed by atoms with Gasteiger partial charge in [-0.15, -0.1) is 34.0 Å². The van der Waals surface area contributed by atoms with Crippen LogP contribution in [-0.2, 0) is 28.7 Å². The second-order valence-electron chi connectivity index (χ2n) is 18.7. The van der Waals surface area contributed by atoms with Gasteiger partial charge in [-0.05, 0) is 59.8 Å². The third-order valence-electron chi connectivity index (χ3n) is 12.0. The minimum atomic E-state index is -1.73. The van der Waals surface area contributed by atoms with Crippen molar-refractivity contribution in [1.82, 2.24) is 77.8 Å². The summed E-state index contributed by atoms with van der Waals surface area (Å²) in [4.78, 5) is 160. The number of hydrogen-bond donors (Lipinski definition) is 12. The van der Waals surface area contributed by atoms with E-state index < -0.39 is 106 Å². The van der Waals surface area contributed by atoms with Crippen molar-refractivity contribution in [2.75, 3.05) is 7.11 Å². The van der Waals surface area contributed by atoms with Crippen molar-refractivity contribution in [1.29, 1.82) is 0 Å². The van der Waals surface area contributed by atoms with Crippen LogP contribution in [0.3, 0.4) is 0 Å². The summed E-state index contributed by atoms with van der Waals surface area (Å²) in [5.41, 5.74) is 1.34. The molecule has 10 amide bonds. The molecule has 0 spiro atoms. The summed E-state index contributed by atoms with van der Waals surface area (Å²) in [5, 5.41) is 46.0. The fourth-order valence-corrected chi connectivity index (χ4v) is 10.0. The van der Waals surface area contributed by atoms with E-state index in [1.807, 2.05) is 5.32 Å². The van der Waals surface area contributed by atoms with Gasteiger partial charge in [0.1, 0.15) is 72.4 Å². The Morgan fingerprint density at radius 2 is 1.27 bits per heavy atom. The normalized spacial score (nSPS) is 17.0. The summed E-state index contributed by atoms with van der Waals surface area (Å²) >= 11 is 2.85. The van der Waals surface area contributed by atoms with E-state index in [-0.39, 0.29) is 106 Å². The predicted molar refractivity (Wildman–Crippen MR) is 319 cm³/mol. The number of hydrogen-bond acceptors (Lipinski definition) is 24. The minimum Gasteiger partial charge on any atom is -0.439 e. The maximum atomic E-state index is 14.2. The summed E-state index contributed by atoms with van der Waals surface area (Å²) in [6.07, 6.45) is -1.58. The van der Waals surface area contributed by atoms with E-state index in [2.05, 4.69) is 105 Å². The van der Waals surface area contributed by atoms with Crippen LogP contribution in [0.1, 0.15) is 118 Å². The number of primary amides is 1. The van der Waals surface area contributed by atoms with Crippen molar-refractivity contribution < 1.29 is 71.7 Å². The lowest BCUT2D eigenvalue weighted by molar-refractivity contribution is -0.124. The molecule has 10 bridgehead atoms. The molecule has 0 radical (unpaired) electrons. The van der Waals surface area contributed by atoms with Gasteiger partial charge in [0.2, 0.25) is 17.7 Å². The third kappa shape index (κ3) is 15.4. The molecule has 34 heteroatoms. The molecule has 1 aliphatic heterocycles. The quantitative estimate of drug-likeness (QED) is 0.0871. The van der Waals surface area contributed by atoms with Crippen LogP contribution >= 0.6 is 34.0 Å². The van der Waals surface area contributed by atoms with Crippen molar-refractivity contribution in [3.63, 3.8) is 0 Å². The number of allylic oxidation sites excluding steroid dienone is 1. The average Bonchev–Trinajstić information content (AvgIpc) is 2.01. The van der Waals surface area contributed by atoms with Gasteiger partial charge in [-0.25, -0.2) is 29.9 Å². The maximum absolute atomic E-state index is 14.2. The highest BCUT2D eigenvalue weighted by Gasteiger charge is 2.33. The number of nitrogens with zero attached hydrogens (tertiary/aromatic N) is 6. The zero-order valence-corrected chi connectivity index (χ0v) is 50.4. The largest absolute Gasteiger partial charge is 0.439 e. The SMILES string of the molecule is C=C(NC(=O)C(=C)NC(=O)C(=C)NC(=O)c1ccc2c(n1)-c1csc(n1)C(=C)NC(=O)C(=C)NC(=O)c1nc(oc1C)/C(=C/C)NC(=O)c1csc(n1)C(OC)NC(=O)c1nc(oc1C)/C(=C/C(C)O)NC(=O)C(C(C)O)NC(=O)c1nc-2sc1C)C(N)=O. The number of methoxy groups -OCH3 is 1. The van der Waals surface area contributed by atoms with Crippen LogP contribution in [0.25, 0.3) is 39.1 Å². The number of aliphatic hydroxyl groups is 2. The molecular weight excluding hydrogens is 1220 g/mol. The maximum Gasteiger partial charge on any atom is 0.278 e. The molecule has 6 aromatic heterocycles. The number of carbonyl (C=O) groups excluding carboxylic acids is 10. The van der Waals surface area contributed by atoms with Crippen LogP contribution in [0.5, 0.6) is 0 Å². The Morgan fingerprint density at radius 3 is 1.89 bits per heavy atom. The molecule has 0 aliphatic carbocycles. The third-order valence-corrected chi connectivity index (χ3v) is 14.8. The fraction of sp³-hybridized carbons (Fsp3) is 0.200. The molecule has 462 valence electrons. The number of fused-ring (bicyclic) bond motifs is 13. The fourth-order valence-electron chi connectivity index (χ4n) is 7.55. The van der Waals surface area contributed by atoms with Gasteiger partial charge in [0.05, 0.1) is 40.7 Å². The average molecular weight is 1280 g/mol. The van der Waals surface area contributed by atoms with Gasteiger partial charge >= 0.3 is 0 Å². The van der Waals surface area contributed by atoms with Crippen LogP contribution in [-0.4, -0.2) is 125 Å². The highest BCUT2D eigenvalue weighted by Crippen LogP contribution is 2.36. The number of nitrogens with one attached hydrogen (secondary N) is 9. The molecule has 6 aromatic rings. The smallest absolute Gasteiger partial charge is 0.278 e. The Morgan fingerprint density at radius 1 is 0.674 bits per heavy atom. The summed E-state index contributed by atoms with van der Waals surface area (Å²) < 4.78 is 17.1. The number of ether oxygens (including phenoxy) is 1. The van der Waals surface area contributed by atoms with E-state index in [1.54, 1.807) is 6.92 Å². The monoisotopic (exact) mass is 1270 g/mol. The van der Waals surface area contributed by atoms with Gasteiger partial charge in [-0.1, -0.05) is 39.0 Å². The van der Waals surface area contributed by atoms with E-state index in [0.717, 1.165) is 40.1 Å². The highest BCUT2D eigenvalue weighted by molar-refractivity contribution is 7.15. The van der Waals surface area contributed by atoms with Crippen molar-refractivity contribution >= 4 is 110 Å². The van der Waals surface area contributed by atoms with Gasteiger partial charge in [0, 0.05) is 28.3 Å². The molecule has 4 atom stereocenters. The van der Waals surface area contributed by atoms with E-state index in [4.69, 9.17) is 19.3 Å². The first-order valence-corrected chi connectivity index (χ1v) is 28.2. The number of amides is 10. The lowest BCUT2D eigenvalue weighted by Gasteiger charge is -2.21. The number of carbonyl (C=O) groups is 10. The number of pyridine rings is 1. The van der Waals surface area contributed by atoms with Crippen LogP contribution < -0.4 is 53.6 Å². The van der Waals surface area contributed by atoms with Crippen molar-refractivity contribution in [2.24, 2.45) is 5.73 Å². The molecule has 7 rings (SSSR count). The molecule has 0 fully saturated rings. The second-order valence-corrected chi connectivity index (χ2v) is 21.7. The number of aliphatic hydroxyl groups excluding tert-OH is 2. The number of nitrogens with two attached hydrogens (primary N) is 1. The Hall–Kier alpha value is -10.8. The van der Waals surface area contributed by atoms with Gasteiger partial charge in [0.15, 0.2) is 17.6 Å². The van der Waals surface area contributed by atoms with E-state index in [0.29, 0.717) is 0 Å². The van der Waals surface area contributed by atoms with Crippen molar-refractivity contribution in [2.45, 2.75) is 66.0 Å². The lowest BCUT2D eigenvalue weighted by Crippen LogP contribution is -2.52. The second kappa shape index (κ2) is 27.7. The number of oxazole rings is 2. The molecular formula is C55H54N16O15S3. The van der Waals surface area contributed by atoms with Crippen LogP contribution in [0.15, 0.2) is 99.6 Å². The highest BCUT2D eigenvalue weighted by atomic mass is 32.1. The molecule has 0 aromatic carbocycles. The summed E-state index contributed by atoms with van der Waals surface area (Å²) in [5.74, 6) is -10.4. The summed E-state index contributed by atoms with van der Waals surface area (Å²) in [7, 11) is 1.26. The topological polar surface area (TPSA) is 458 Å². The Kier molecular flexibility index (Phi) is 20.5. The summed E-state index contributed by atoms with van der Waals surface area (Å²) in [6.45, 7) is 26.3. The molecule has 13 N–H and O–H groups in total. The predicted octanol–water partition coefficient (Wildman–Crippen LogP) is 1.90. The first-order chi connectivity index (χ1) is 42.0. The number of rotatable bonds is 10. The standard InChI is InChI=1S/C55H54N16O15S3/c1-13-30-50-68-36(26(9)85-50)47(81)60-23(6)43(77)61-24(7)53-65-33(17-87-53)39-29(14-15-31(62-39)44(78)59-22(5)42(76)58-21(4)41(75)57-20(3)40(56)74)54-70-38(28(11)89-54)49(83)67-35(25(8)73)46(80)64-32(16-19(2)72)51-69-37(27(10)86-51)48(82)71-52(84-12)55-66-34(18-88-55)45(79)63-30/h13-19,25,35,52,72-73H,3-7H2,1-2,8-12H3,(H2,56,74)(H,57,75)(H,58,76)(H,59,78)(H,60,81)(H,61,77)(H,63,79)(H,64,80)(H,67,83)(H,71,82)/b30-13-,32-16-. The van der Waals surface area contributed by atoms with Gasteiger partial charge in [0.25, 0.3) is 53.2 Å². The molecule has 4 unspecified atom stereocenters. The lowest BCUT2D eigenvalue weighted by atomic mass is 10.1. The molecule has 1 aliphatic rings. The molecule has 89 heavy (non-hydrogen) atoms. The number of thiazole rings is 3. The Balaban J connectivity index is 1.25. The first kappa shape index (κ1) is 65.8. The van der Waals surface area contributed by atoms with Gasteiger partial charge in [-0.3, -0.25) is 47.9 Å². The Bertz CT molecular complexity index is 4080. The summed E-state index contributed by atoms with van der Waals surface area (Å²) in [6, 6.07) is 0.883. The van der Waals surface area contributed by atoms with E-state index in [1.165, 1.54) is 70.7 Å². The van der Waals surface area contributed by atoms with E-state index in [9.17, 15) is 58.2 Å². The van der Waals surface area contributed by atoms with Gasteiger partial charge in [-0.2, -0.15) is 0 Å². The van der Waals surface area contributed by atoms with Crippen molar-refractivity contribution in [3.8, 4) is 22.0 Å². The van der Waals surface area contributed by atoms with Crippen LogP contribution in [0.4, 0.5) is 0 Å². The molecule has 31 nitrogen and oxygen atoms in total. The number of aromatic nitrogens is 6. The minimum absolute atomic E-state index is 0.00840. The zero-order valence-electron chi connectivity index (χ0n) is 48.0. The van der Waals surface area contributed by atoms with Crippen LogP contribution in [0.2, 0.25) is 0 Å².